The zero-order valence-electron chi connectivity index (χ0n) is 17.4. The van der Waals surface area contributed by atoms with Gasteiger partial charge in [0.15, 0.2) is 6.61 Å². The first kappa shape index (κ1) is 22.2. The molecule has 0 radical (unpaired) electrons. The van der Waals surface area contributed by atoms with Gasteiger partial charge in [-0.25, -0.2) is 9.80 Å². The van der Waals surface area contributed by atoms with Gasteiger partial charge >= 0.3 is 5.97 Å². The van der Waals surface area contributed by atoms with Crippen LogP contribution in [0.1, 0.15) is 40.2 Å². The van der Waals surface area contributed by atoms with Crippen molar-refractivity contribution in [1.29, 1.82) is 0 Å². The number of benzene rings is 2. The molecule has 32 heavy (non-hydrogen) atoms. The summed E-state index contributed by atoms with van der Waals surface area (Å²) >= 11 is 4.83. The molecule has 1 aromatic heterocycles. The summed E-state index contributed by atoms with van der Waals surface area (Å²) in [6, 6.07) is 18.5. The van der Waals surface area contributed by atoms with Crippen LogP contribution in [0.15, 0.2) is 75.6 Å². The maximum Gasteiger partial charge on any atom is 0.344 e. The number of rotatable bonds is 7. The Bertz CT molecular complexity index is 1130. The number of hydrogen-bond acceptors (Lipinski definition) is 6. The molecule has 1 atom stereocenters. The fourth-order valence-corrected chi connectivity index (χ4v) is 4.42. The quantitative estimate of drug-likeness (QED) is 0.395. The molecule has 0 spiro atoms. The van der Waals surface area contributed by atoms with Gasteiger partial charge in [-0.1, -0.05) is 52.3 Å². The van der Waals surface area contributed by atoms with E-state index in [9.17, 15) is 9.59 Å². The van der Waals surface area contributed by atoms with E-state index in [0.717, 1.165) is 21.3 Å². The van der Waals surface area contributed by atoms with E-state index in [1.54, 1.807) is 19.1 Å². The van der Waals surface area contributed by atoms with Crippen LogP contribution < -0.4 is 4.74 Å². The Hall–Kier alpha value is -2.97. The molecule has 2 heterocycles. The number of amides is 1. The normalized spacial score (nSPS) is 15.4. The highest BCUT2D eigenvalue weighted by Crippen LogP contribution is 2.38. The van der Waals surface area contributed by atoms with Crippen LogP contribution in [0.4, 0.5) is 0 Å². The van der Waals surface area contributed by atoms with E-state index >= 15 is 0 Å². The molecule has 164 valence electrons. The minimum Gasteiger partial charge on any atom is -0.482 e. The SMILES string of the molecule is CCOC(=O)COc1ccccc1C1CC(c2ccc(Br)cc2)=NN1C(=O)c1cccs1. The van der Waals surface area contributed by atoms with Gasteiger partial charge in [-0.3, -0.25) is 4.79 Å². The Morgan fingerprint density at radius 1 is 1.12 bits per heavy atom. The monoisotopic (exact) mass is 512 g/mol. The topological polar surface area (TPSA) is 68.2 Å². The maximum atomic E-state index is 13.3. The lowest BCUT2D eigenvalue weighted by Gasteiger charge is -2.23. The lowest BCUT2D eigenvalue weighted by Crippen LogP contribution is -2.27. The molecule has 1 aliphatic heterocycles. The molecule has 1 amide bonds. The second-order valence-electron chi connectivity index (χ2n) is 7.03. The van der Waals surface area contributed by atoms with Gasteiger partial charge in [0.1, 0.15) is 5.75 Å². The molecule has 0 saturated heterocycles. The first-order valence-electron chi connectivity index (χ1n) is 10.1. The van der Waals surface area contributed by atoms with Crippen molar-refractivity contribution >= 4 is 44.9 Å². The number of esters is 1. The van der Waals surface area contributed by atoms with Gasteiger partial charge in [0, 0.05) is 16.5 Å². The molecule has 0 N–H and O–H groups in total. The number of thiophene rings is 1. The maximum absolute atomic E-state index is 13.3. The summed E-state index contributed by atoms with van der Waals surface area (Å²) in [5.41, 5.74) is 2.55. The number of carbonyl (C=O) groups is 2. The zero-order chi connectivity index (χ0) is 22.5. The summed E-state index contributed by atoms with van der Waals surface area (Å²) in [4.78, 5) is 25.7. The minimum absolute atomic E-state index is 0.169. The predicted molar refractivity (Wildman–Crippen MR) is 127 cm³/mol. The average Bonchev–Trinajstić information content (AvgIpc) is 3.49. The number of ether oxygens (including phenoxy) is 2. The van der Waals surface area contributed by atoms with Gasteiger partial charge in [0.25, 0.3) is 5.91 Å². The van der Waals surface area contributed by atoms with E-state index in [4.69, 9.17) is 14.6 Å². The highest BCUT2D eigenvalue weighted by atomic mass is 79.9. The van der Waals surface area contributed by atoms with E-state index in [1.165, 1.54) is 16.3 Å². The Labute approximate surface area is 198 Å². The predicted octanol–water partition coefficient (Wildman–Crippen LogP) is 5.44. The van der Waals surface area contributed by atoms with Crippen molar-refractivity contribution in [3.8, 4) is 5.75 Å². The van der Waals surface area contributed by atoms with Crippen molar-refractivity contribution in [2.75, 3.05) is 13.2 Å². The van der Waals surface area contributed by atoms with Gasteiger partial charge in [-0.15, -0.1) is 11.3 Å². The third kappa shape index (κ3) is 4.92. The van der Waals surface area contributed by atoms with Crippen LogP contribution >= 0.6 is 27.3 Å². The smallest absolute Gasteiger partial charge is 0.344 e. The van der Waals surface area contributed by atoms with E-state index in [2.05, 4.69) is 15.9 Å². The molecule has 6 nitrogen and oxygen atoms in total. The van der Waals surface area contributed by atoms with Crippen LogP contribution in [0.5, 0.6) is 5.75 Å². The number of para-hydroxylation sites is 1. The van der Waals surface area contributed by atoms with Crippen molar-refractivity contribution in [1.82, 2.24) is 5.01 Å². The first-order valence-corrected chi connectivity index (χ1v) is 11.8. The van der Waals surface area contributed by atoms with Gasteiger partial charge in [-0.05, 0) is 42.1 Å². The highest BCUT2D eigenvalue weighted by Gasteiger charge is 2.35. The molecule has 2 aromatic carbocycles. The minimum atomic E-state index is -0.438. The van der Waals surface area contributed by atoms with E-state index < -0.39 is 5.97 Å². The molecule has 0 fully saturated rings. The number of nitrogens with zero attached hydrogens (tertiary/aromatic N) is 2. The molecule has 0 saturated carbocycles. The van der Waals surface area contributed by atoms with Crippen molar-refractivity contribution < 1.29 is 19.1 Å². The fourth-order valence-electron chi connectivity index (χ4n) is 3.50. The zero-order valence-corrected chi connectivity index (χ0v) is 19.8. The Morgan fingerprint density at radius 2 is 1.91 bits per heavy atom. The van der Waals surface area contributed by atoms with Crippen molar-refractivity contribution in [3.05, 3.63) is 86.5 Å². The fraction of sp³-hybridized carbons (Fsp3) is 0.208. The van der Waals surface area contributed by atoms with Crippen molar-refractivity contribution in [2.24, 2.45) is 5.10 Å². The average molecular weight is 513 g/mol. The lowest BCUT2D eigenvalue weighted by molar-refractivity contribution is -0.145. The number of hydrogen-bond donors (Lipinski definition) is 0. The van der Waals surface area contributed by atoms with Crippen LogP contribution in [0, 0.1) is 0 Å². The summed E-state index contributed by atoms with van der Waals surface area (Å²) in [5.74, 6) is -0.0776. The second kappa shape index (κ2) is 10.1. The number of hydrazone groups is 1. The molecule has 0 aliphatic carbocycles. The lowest BCUT2D eigenvalue weighted by atomic mass is 9.97. The largest absolute Gasteiger partial charge is 0.482 e. The highest BCUT2D eigenvalue weighted by molar-refractivity contribution is 9.10. The first-order chi connectivity index (χ1) is 15.6. The van der Waals surface area contributed by atoms with Crippen molar-refractivity contribution in [2.45, 2.75) is 19.4 Å². The van der Waals surface area contributed by atoms with Crippen molar-refractivity contribution in [3.63, 3.8) is 0 Å². The Kier molecular flexibility index (Phi) is 7.02. The van der Waals surface area contributed by atoms with Gasteiger partial charge in [0.05, 0.1) is 23.2 Å². The third-order valence-electron chi connectivity index (χ3n) is 4.96. The second-order valence-corrected chi connectivity index (χ2v) is 8.90. The van der Waals surface area contributed by atoms with Crippen LogP contribution in [0.3, 0.4) is 0 Å². The molecular formula is C24H21BrN2O4S. The van der Waals surface area contributed by atoms with Gasteiger partial charge in [-0.2, -0.15) is 5.10 Å². The van der Waals surface area contributed by atoms with E-state index in [1.807, 2.05) is 53.9 Å². The Balaban J connectivity index is 1.67. The summed E-state index contributed by atoms with van der Waals surface area (Å²) in [6.07, 6.45) is 0.526. The van der Waals surface area contributed by atoms with Crippen LogP contribution in [-0.4, -0.2) is 35.8 Å². The summed E-state index contributed by atoms with van der Waals surface area (Å²) < 4.78 is 11.7. The van der Waals surface area contributed by atoms with Crippen LogP contribution in [-0.2, 0) is 9.53 Å². The summed E-state index contributed by atoms with van der Waals surface area (Å²) in [7, 11) is 0. The third-order valence-corrected chi connectivity index (χ3v) is 6.34. The van der Waals surface area contributed by atoms with E-state index in [-0.39, 0.29) is 18.6 Å². The molecule has 4 rings (SSSR count). The summed E-state index contributed by atoms with van der Waals surface area (Å²) in [6.45, 7) is 1.84. The van der Waals surface area contributed by atoms with E-state index in [0.29, 0.717) is 23.7 Å². The number of carbonyl (C=O) groups excluding carboxylic acids is 2. The molecule has 1 aliphatic rings. The number of halogens is 1. The summed E-state index contributed by atoms with van der Waals surface area (Å²) in [5, 5.41) is 8.10. The van der Waals surface area contributed by atoms with Crippen LogP contribution in [0.25, 0.3) is 0 Å². The van der Waals surface area contributed by atoms with Gasteiger partial charge in [0.2, 0.25) is 0 Å². The van der Waals surface area contributed by atoms with Crippen LogP contribution in [0.2, 0.25) is 0 Å². The standard InChI is InChI=1S/C24H21BrN2O4S/c1-2-30-23(28)15-31-21-7-4-3-6-18(21)20-14-19(16-9-11-17(25)12-10-16)26-27(20)24(29)22-8-5-13-32-22/h3-13,20H,2,14-15H2,1H3. The Morgan fingerprint density at radius 3 is 2.62 bits per heavy atom. The molecular weight excluding hydrogens is 492 g/mol. The molecule has 3 aromatic rings. The molecule has 0 bridgehead atoms. The molecule has 1 unspecified atom stereocenters. The van der Waals surface area contributed by atoms with Gasteiger partial charge < -0.3 is 9.47 Å². The molecule has 8 heteroatoms.